The van der Waals surface area contributed by atoms with Gasteiger partial charge in [-0.15, -0.1) is 18.3 Å². The summed E-state index contributed by atoms with van der Waals surface area (Å²) in [5, 5.41) is 4.02. The van der Waals surface area contributed by atoms with Crippen LogP contribution in [0.3, 0.4) is 0 Å². The van der Waals surface area contributed by atoms with E-state index in [1.165, 1.54) is 23.1 Å². The molecule has 0 unspecified atom stereocenters. The molecule has 0 radical (unpaired) electrons. The first-order valence-corrected chi connectivity index (χ1v) is 7.91. The van der Waals surface area contributed by atoms with Crippen LogP contribution in [0.2, 0.25) is 0 Å². The van der Waals surface area contributed by atoms with Crippen molar-refractivity contribution < 1.29 is 22.7 Å². The zero-order chi connectivity index (χ0) is 19.6. The lowest BCUT2D eigenvalue weighted by Crippen LogP contribution is -2.18. The van der Waals surface area contributed by atoms with Crippen LogP contribution >= 0.6 is 0 Å². The van der Waals surface area contributed by atoms with E-state index in [0.29, 0.717) is 28.8 Å². The maximum absolute atomic E-state index is 12.8. The number of nitrogens with zero attached hydrogens (tertiary/aromatic N) is 3. The number of hydrogen-bond acceptors (Lipinski definition) is 4. The molecule has 0 spiro atoms. The van der Waals surface area contributed by atoms with Crippen molar-refractivity contribution >= 4 is 17.2 Å². The van der Waals surface area contributed by atoms with Crippen LogP contribution < -0.4 is 10.5 Å². The van der Waals surface area contributed by atoms with Gasteiger partial charge in [-0.25, -0.2) is 9.67 Å². The molecule has 6 nitrogen and oxygen atoms in total. The van der Waals surface area contributed by atoms with Gasteiger partial charge in [-0.1, -0.05) is 30.4 Å². The Balaban J connectivity index is 2.08. The smallest absolute Gasteiger partial charge is 0.405 e. The van der Waals surface area contributed by atoms with Crippen molar-refractivity contribution in [1.29, 1.82) is 0 Å². The molecule has 1 amide bonds. The second-order valence-electron chi connectivity index (χ2n) is 5.69. The predicted molar refractivity (Wildman–Crippen MR) is 92.3 cm³/mol. The quantitative estimate of drug-likeness (QED) is 0.885. The SMILES string of the molecule is CC1=C(n2cnc(C(N)=O)n2)C=CCC=C1c1ccccc1OC(F)(F)F. The van der Waals surface area contributed by atoms with Gasteiger partial charge in [0.05, 0.1) is 5.70 Å². The van der Waals surface area contributed by atoms with Crippen LogP contribution in [0, 0.1) is 0 Å². The van der Waals surface area contributed by atoms with Crippen LogP contribution in [0.4, 0.5) is 13.2 Å². The predicted octanol–water partition coefficient (Wildman–Crippen LogP) is 3.55. The monoisotopic (exact) mass is 376 g/mol. The molecule has 0 saturated carbocycles. The molecule has 0 aliphatic heterocycles. The van der Waals surface area contributed by atoms with Crippen LogP contribution in [-0.2, 0) is 0 Å². The van der Waals surface area contributed by atoms with Gasteiger partial charge in [-0.3, -0.25) is 4.79 Å². The number of primary amides is 1. The third-order valence-electron chi connectivity index (χ3n) is 3.88. The molecule has 0 saturated heterocycles. The molecule has 140 valence electrons. The van der Waals surface area contributed by atoms with Crippen molar-refractivity contribution in [2.75, 3.05) is 0 Å². The van der Waals surface area contributed by atoms with Gasteiger partial charge in [0.15, 0.2) is 0 Å². The zero-order valence-corrected chi connectivity index (χ0v) is 14.2. The van der Waals surface area contributed by atoms with E-state index in [9.17, 15) is 18.0 Å². The first-order chi connectivity index (χ1) is 12.8. The van der Waals surface area contributed by atoms with Crippen molar-refractivity contribution in [1.82, 2.24) is 14.8 Å². The molecule has 2 aromatic rings. The number of benzene rings is 1. The number of alkyl halides is 3. The molecule has 9 heteroatoms. The van der Waals surface area contributed by atoms with E-state index in [0.717, 1.165) is 0 Å². The Kier molecular flexibility index (Phi) is 4.85. The third kappa shape index (κ3) is 4.08. The van der Waals surface area contributed by atoms with E-state index in [-0.39, 0.29) is 11.6 Å². The second-order valence-corrected chi connectivity index (χ2v) is 5.69. The number of para-hydroxylation sites is 1. The van der Waals surface area contributed by atoms with Crippen molar-refractivity contribution in [3.8, 4) is 5.75 Å². The number of aromatic nitrogens is 3. The van der Waals surface area contributed by atoms with Gasteiger partial charge in [0.25, 0.3) is 5.91 Å². The largest absolute Gasteiger partial charge is 0.573 e. The minimum absolute atomic E-state index is 0.153. The number of carbonyl (C=O) groups excluding carboxylic acids is 1. The topological polar surface area (TPSA) is 83.0 Å². The molecule has 2 N–H and O–H groups in total. The van der Waals surface area contributed by atoms with Gasteiger partial charge in [-0.05, 0) is 36.6 Å². The average Bonchev–Trinajstić information content (AvgIpc) is 3.00. The summed E-state index contributed by atoms with van der Waals surface area (Å²) in [5.41, 5.74) is 7.23. The molecule has 1 heterocycles. The van der Waals surface area contributed by atoms with Gasteiger partial charge in [0.1, 0.15) is 12.1 Å². The molecule has 0 bridgehead atoms. The summed E-state index contributed by atoms with van der Waals surface area (Å²) < 4.78 is 43.8. The first kappa shape index (κ1) is 18.4. The number of halogens is 3. The summed E-state index contributed by atoms with van der Waals surface area (Å²) in [7, 11) is 0. The van der Waals surface area contributed by atoms with E-state index in [1.54, 1.807) is 31.2 Å². The van der Waals surface area contributed by atoms with E-state index in [1.807, 2.05) is 6.08 Å². The molecule has 3 rings (SSSR count). The molecule has 1 aliphatic carbocycles. The fourth-order valence-electron chi connectivity index (χ4n) is 2.74. The molecule has 1 aromatic carbocycles. The molecule has 27 heavy (non-hydrogen) atoms. The van der Waals surface area contributed by atoms with Crippen molar-refractivity contribution in [3.63, 3.8) is 0 Å². The lowest BCUT2D eigenvalue weighted by atomic mass is 9.96. The summed E-state index contributed by atoms with van der Waals surface area (Å²) >= 11 is 0. The number of rotatable bonds is 4. The molecular weight excluding hydrogens is 361 g/mol. The Morgan fingerprint density at radius 2 is 2.04 bits per heavy atom. The summed E-state index contributed by atoms with van der Waals surface area (Å²) in [6, 6.07) is 5.91. The van der Waals surface area contributed by atoms with Gasteiger partial charge >= 0.3 is 6.36 Å². The van der Waals surface area contributed by atoms with E-state index < -0.39 is 12.3 Å². The maximum atomic E-state index is 12.8. The molecule has 0 atom stereocenters. The van der Waals surface area contributed by atoms with E-state index >= 15 is 0 Å². The van der Waals surface area contributed by atoms with Gasteiger partial charge < -0.3 is 10.5 Å². The standard InChI is InChI=1S/C18H15F3N4O2/c1-11-12(13-7-3-5-9-15(13)27-18(19,20)21)6-2-4-8-14(11)25-10-23-17(24-25)16(22)26/h3-10H,2H2,1H3,(H2,22,26). The Hall–Kier alpha value is -3.36. The van der Waals surface area contributed by atoms with Gasteiger partial charge in [0, 0.05) is 5.56 Å². The molecular formula is C18H15F3N4O2. The molecule has 1 aliphatic rings. The number of amides is 1. The third-order valence-corrected chi connectivity index (χ3v) is 3.88. The highest BCUT2D eigenvalue weighted by Gasteiger charge is 2.32. The van der Waals surface area contributed by atoms with Crippen LogP contribution in [-0.4, -0.2) is 27.0 Å². The summed E-state index contributed by atoms with van der Waals surface area (Å²) in [4.78, 5) is 15.1. The van der Waals surface area contributed by atoms with Crippen molar-refractivity contribution in [2.45, 2.75) is 19.7 Å². The second kappa shape index (κ2) is 7.10. The Morgan fingerprint density at radius 1 is 1.30 bits per heavy atom. The Labute approximate surface area is 152 Å². The number of nitrogens with two attached hydrogens (primary N) is 1. The fourth-order valence-corrected chi connectivity index (χ4v) is 2.74. The Bertz CT molecular complexity index is 971. The summed E-state index contributed by atoms with van der Waals surface area (Å²) in [5.74, 6) is -1.23. The summed E-state index contributed by atoms with van der Waals surface area (Å²) in [6.07, 6.45) is 2.39. The van der Waals surface area contributed by atoms with Crippen LogP contribution in [0.1, 0.15) is 29.5 Å². The molecule has 0 fully saturated rings. The van der Waals surface area contributed by atoms with Gasteiger partial charge in [-0.2, -0.15) is 0 Å². The first-order valence-electron chi connectivity index (χ1n) is 7.91. The normalized spacial score (nSPS) is 14.7. The number of carbonyl (C=O) groups is 1. The number of hydrogen-bond donors (Lipinski definition) is 1. The van der Waals surface area contributed by atoms with E-state index in [2.05, 4.69) is 14.8 Å². The minimum atomic E-state index is -4.80. The number of allylic oxidation sites excluding steroid dienone is 6. The van der Waals surface area contributed by atoms with Crippen LogP contribution in [0.15, 0.2) is 54.4 Å². The van der Waals surface area contributed by atoms with Crippen LogP contribution in [0.5, 0.6) is 5.75 Å². The van der Waals surface area contributed by atoms with Crippen molar-refractivity contribution in [2.24, 2.45) is 5.73 Å². The minimum Gasteiger partial charge on any atom is -0.405 e. The fraction of sp³-hybridized carbons (Fsp3) is 0.167. The maximum Gasteiger partial charge on any atom is 0.573 e. The average molecular weight is 376 g/mol. The van der Waals surface area contributed by atoms with E-state index in [4.69, 9.17) is 5.73 Å². The van der Waals surface area contributed by atoms with Gasteiger partial charge in [0.2, 0.25) is 5.82 Å². The lowest BCUT2D eigenvalue weighted by molar-refractivity contribution is -0.274. The highest BCUT2D eigenvalue weighted by Crippen LogP contribution is 2.37. The summed E-state index contributed by atoms with van der Waals surface area (Å²) in [6.45, 7) is 1.74. The van der Waals surface area contributed by atoms with Crippen molar-refractivity contribution in [3.05, 3.63) is 65.8 Å². The zero-order valence-electron chi connectivity index (χ0n) is 14.2. The molecule has 1 aromatic heterocycles. The lowest BCUT2D eigenvalue weighted by Gasteiger charge is -2.17. The highest BCUT2D eigenvalue weighted by atomic mass is 19.4. The number of ether oxygens (including phenoxy) is 1. The highest BCUT2D eigenvalue weighted by molar-refractivity contribution is 5.90. The van der Waals surface area contributed by atoms with Crippen LogP contribution in [0.25, 0.3) is 11.3 Å². The Morgan fingerprint density at radius 3 is 2.70 bits per heavy atom.